The third kappa shape index (κ3) is 1.79. The third-order valence-electron chi connectivity index (χ3n) is 2.14. The van der Waals surface area contributed by atoms with Crippen LogP contribution in [0.2, 0.25) is 0 Å². The van der Waals surface area contributed by atoms with Crippen molar-refractivity contribution in [2.24, 2.45) is 5.73 Å². The summed E-state index contributed by atoms with van der Waals surface area (Å²) in [6.45, 7) is 3.76. The predicted octanol–water partition coefficient (Wildman–Crippen LogP) is 0.913. The minimum atomic E-state index is 0.243. The fourth-order valence-corrected chi connectivity index (χ4v) is 1.56. The first-order chi connectivity index (χ1) is 7.59. The number of thiocarbonyl (C=S) groups is 1. The highest BCUT2D eigenvalue weighted by atomic mass is 32.1. The van der Waals surface area contributed by atoms with Gasteiger partial charge in [-0.25, -0.2) is 9.97 Å². The number of nitrogens with zero attached hydrogens (tertiary/aromatic N) is 4. The van der Waals surface area contributed by atoms with Gasteiger partial charge in [0.2, 0.25) is 0 Å². The molecular weight excluding hydrogens is 222 g/mol. The Balaban J connectivity index is 2.62. The molecule has 2 N–H and O–H groups in total. The van der Waals surface area contributed by atoms with Crippen molar-refractivity contribution >= 4 is 17.2 Å². The lowest BCUT2D eigenvalue weighted by Crippen LogP contribution is -2.17. The lowest BCUT2D eigenvalue weighted by atomic mass is 10.4. The Labute approximate surface area is 98.4 Å². The van der Waals surface area contributed by atoms with Crippen molar-refractivity contribution in [3.63, 3.8) is 0 Å². The maximum absolute atomic E-state index is 5.58. The van der Waals surface area contributed by atoms with Crippen molar-refractivity contribution in [3.8, 4) is 5.82 Å². The highest BCUT2D eigenvalue weighted by Gasteiger charge is 2.11. The molecule has 0 aliphatic heterocycles. The molecule has 0 bridgehead atoms. The van der Waals surface area contributed by atoms with Gasteiger partial charge in [0.25, 0.3) is 0 Å². The smallest absolute Gasteiger partial charge is 0.173 e. The predicted molar refractivity (Wildman–Crippen MR) is 64.5 cm³/mol. The van der Waals surface area contributed by atoms with Crippen LogP contribution >= 0.6 is 12.2 Å². The maximum Gasteiger partial charge on any atom is 0.173 e. The number of aromatic nitrogens is 4. The van der Waals surface area contributed by atoms with Crippen LogP contribution in [-0.2, 0) is 0 Å². The van der Waals surface area contributed by atoms with Crippen molar-refractivity contribution in [1.82, 2.24) is 19.5 Å². The first-order valence-electron chi connectivity index (χ1n) is 4.73. The molecule has 0 saturated carbocycles. The summed E-state index contributed by atoms with van der Waals surface area (Å²) in [7, 11) is 0. The summed E-state index contributed by atoms with van der Waals surface area (Å²) in [5, 5.41) is 0. The van der Waals surface area contributed by atoms with Crippen molar-refractivity contribution < 1.29 is 0 Å². The first-order valence-corrected chi connectivity index (χ1v) is 5.14. The minimum absolute atomic E-state index is 0.243. The maximum atomic E-state index is 5.58. The lowest BCUT2D eigenvalue weighted by molar-refractivity contribution is 0.912. The molecule has 82 valence electrons. The van der Waals surface area contributed by atoms with Crippen molar-refractivity contribution in [2.75, 3.05) is 0 Å². The Hall–Kier alpha value is -1.82. The zero-order chi connectivity index (χ0) is 11.7. The molecule has 2 aromatic rings. The van der Waals surface area contributed by atoms with Gasteiger partial charge in [0, 0.05) is 18.6 Å². The molecule has 0 fully saturated rings. The zero-order valence-corrected chi connectivity index (χ0v) is 9.82. The summed E-state index contributed by atoms with van der Waals surface area (Å²) in [6.07, 6.45) is 5.12. The van der Waals surface area contributed by atoms with Gasteiger partial charge in [0.15, 0.2) is 11.6 Å². The van der Waals surface area contributed by atoms with E-state index >= 15 is 0 Å². The second-order valence-electron chi connectivity index (χ2n) is 3.41. The average Bonchev–Trinajstić information content (AvgIpc) is 2.70. The van der Waals surface area contributed by atoms with Gasteiger partial charge >= 0.3 is 0 Å². The molecule has 2 rings (SSSR count). The van der Waals surface area contributed by atoms with E-state index < -0.39 is 0 Å². The molecule has 0 spiro atoms. The second-order valence-corrected chi connectivity index (χ2v) is 3.85. The zero-order valence-electron chi connectivity index (χ0n) is 9.01. The summed E-state index contributed by atoms with van der Waals surface area (Å²) < 4.78 is 1.75. The van der Waals surface area contributed by atoms with E-state index in [1.165, 1.54) is 0 Å². The summed E-state index contributed by atoms with van der Waals surface area (Å²) in [4.78, 5) is 13.0. The molecule has 0 atom stereocenters. The van der Waals surface area contributed by atoms with Crippen LogP contribution < -0.4 is 5.73 Å². The van der Waals surface area contributed by atoms with Crippen molar-refractivity contribution in [1.29, 1.82) is 0 Å². The van der Waals surface area contributed by atoms with E-state index in [9.17, 15) is 0 Å². The number of nitrogens with two attached hydrogens (primary N) is 1. The Bertz CT molecular complexity index is 546. The van der Waals surface area contributed by atoms with Gasteiger partial charge in [0.1, 0.15) is 4.99 Å². The summed E-state index contributed by atoms with van der Waals surface area (Å²) in [5.74, 6) is 1.23. The third-order valence-corrected chi connectivity index (χ3v) is 2.32. The van der Waals surface area contributed by atoms with Crippen molar-refractivity contribution in [3.05, 3.63) is 35.8 Å². The molecule has 6 heteroatoms. The lowest BCUT2D eigenvalue weighted by Gasteiger charge is -2.08. The molecule has 5 nitrogen and oxygen atoms in total. The molecule has 0 radical (unpaired) electrons. The van der Waals surface area contributed by atoms with Gasteiger partial charge in [-0.15, -0.1) is 0 Å². The Morgan fingerprint density at radius 3 is 2.81 bits per heavy atom. The molecule has 0 saturated heterocycles. The van der Waals surface area contributed by atoms with Crippen LogP contribution in [0.5, 0.6) is 0 Å². The molecule has 2 heterocycles. The number of aryl methyl sites for hydroxylation is 2. The SMILES string of the molecule is Cc1cnc(C)c(-n2ccnc2C(N)=S)n1. The van der Waals surface area contributed by atoms with E-state index in [-0.39, 0.29) is 4.99 Å². The number of imidazole rings is 1. The van der Waals surface area contributed by atoms with Crippen LogP contribution in [0.1, 0.15) is 17.2 Å². The Kier molecular flexibility index (Phi) is 2.66. The van der Waals surface area contributed by atoms with Crippen LogP contribution in [0.15, 0.2) is 18.6 Å². The van der Waals surface area contributed by atoms with Gasteiger partial charge in [-0.1, -0.05) is 12.2 Å². The molecule has 0 aliphatic carbocycles. The Morgan fingerprint density at radius 1 is 1.38 bits per heavy atom. The van der Waals surface area contributed by atoms with Crippen LogP contribution in [0.3, 0.4) is 0 Å². The van der Waals surface area contributed by atoms with Gasteiger partial charge in [-0.3, -0.25) is 9.55 Å². The number of rotatable bonds is 2. The largest absolute Gasteiger partial charge is 0.387 e. The van der Waals surface area contributed by atoms with E-state index in [2.05, 4.69) is 15.0 Å². The van der Waals surface area contributed by atoms with Gasteiger partial charge in [0.05, 0.1) is 11.4 Å². The standard InChI is InChI=1S/C10H11N5S/c1-6-5-13-7(2)9(14-6)15-4-3-12-10(15)8(11)16/h3-5H,1-2H3,(H2,11,16). The molecule has 2 aromatic heterocycles. The monoisotopic (exact) mass is 233 g/mol. The van der Waals surface area contributed by atoms with E-state index in [0.29, 0.717) is 11.6 Å². The summed E-state index contributed by atoms with van der Waals surface area (Å²) in [5.41, 5.74) is 7.23. The second kappa shape index (κ2) is 3.97. The van der Waals surface area contributed by atoms with Crippen LogP contribution in [0.4, 0.5) is 0 Å². The van der Waals surface area contributed by atoms with Crippen LogP contribution in [0.25, 0.3) is 5.82 Å². The van der Waals surface area contributed by atoms with Crippen molar-refractivity contribution in [2.45, 2.75) is 13.8 Å². The van der Waals surface area contributed by atoms with E-state index in [1.807, 2.05) is 13.8 Å². The molecule has 0 aliphatic rings. The highest BCUT2D eigenvalue weighted by molar-refractivity contribution is 7.80. The summed E-state index contributed by atoms with van der Waals surface area (Å²) in [6, 6.07) is 0. The minimum Gasteiger partial charge on any atom is -0.387 e. The molecule has 0 amide bonds. The van der Waals surface area contributed by atoms with Gasteiger partial charge < -0.3 is 5.73 Å². The Morgan fingerprint density at radius 2 is 2.12 bits per heavy atom. The molecular formula is C10H11N5S. The normalized spacial score (nSPS) is 10.4. The fraction of sp³-hybridized carbons (Fsp3) is 0.200. The number of hydrogen-bond donors (Lipinski definition) is 1. The highest BCUT2D eigenvalue weighted by Crippen LogP contribution is 2.11. The van der Waals surface area contributed by atoms with Gasteiger partial charge in [-0.2, -0.15) is 0 Å². The first kappa shape index (κ1) is 10.7. The molecule has 16 heavy (non-hydrogen) atoms. The summed E-state index contributed by atoms with van der Waals surface area (Å²) >= 11 is 4.93. The van der Waals surface area contributed by atoms with E-state index in [4.69, 9.17) is 18.0 Å². The quantitative estimate of drug-likeness (QED) is 0.781. The van der Waals surface area contributed by atoms with E-state index in [0.717, 1.165) is 11.4 Å². The number of hydrogen-bond acceptors (Lipinski definition) is 4. The van der Waals surface area contributed by atoms with Crippen LogP contribution in [0, 0.1) is 13.8 Å². The topological polar surface area (TPSA) is 69.6 Å². The fourth-order valence-electron chi connectivity index (χ4n) is 1.41. The molecule has 0 aromatic carbocycles. The van der Waals surface area contributed by atoms with Gasteiger partial charge in [-0.05, 0) is 13.8 Å². The molecule has 0 unspecified atom stereocenters. The average molecular weight is 233 g/mol. The van der Waals surface area contributed by atoms with Crippen LogP contribution in [-0.4, -0.2) is 24.5 Å². The van der Waals surface area contributed by atoms with E-state index in [1.54, 1.807) is 23.2 Å².